The van der Waals surface area contributed by atoms with E-state index >= 15 is 0 Å². The summed E-state index contributed by atoms with van der Waals surface area (Å²) in [6.07, 6.45) is 1.77. The molecule has 0 aliphatic rings. The number of nitrogens with two attached hydrogens (primary N) is 1. The lowest BCUT2D eigenvalue weighted by Gasteiger charge is -2.16. The molecule has 0 radical (unpaired) electrons. The Morgan fingerprint density at radius 1 is 1.30 bits per heavy atom. The number of hydrogen-bond acceptors (Lipinski definition) is 3. The number of pyridine rings is 1. The van der Waals surface area contributed by atoms with Gasteiger partial charge < -0.3 is 11.1 Å². The molecule has 0 bridgehead atoms. The van der Waals surface area contributed by atoms with Gasteiger partial charge >= 0.3 is 0 Å². The zero-order valence-corrected chi connectivity index (χ0v) is 12.6. The molecular formula is C16H19N3S. The van der Waals surface area contributed by atoms with Gasteiger partial charge in [-0.3, -0.25) is 0 Å². The molecule has 3 N–H and O–H groups in total. The minimum atomic E-state index is 0.380. The van der Waals surface area contributed by atoms with Gasteiger partial charge in [-0.05, 0) is 30.0 Å². The molecule has 0 amide bonds. The number of rotatable bonds is 5. The van der Waals surface area contributed by atoms with Crippen LogP contribution in [-0.2, 0) is 0 Å². The van der Waals surface area contributed by atoms with Crippen LogP contribution in [-0.4, -0.2) is 16.5 Å². The van der Waals surface area contributed by atoms with Crippen LogP contribution in [0.3, 0.4) is 0 Å². The van der Waals surface area contributed by atoms with Crippen LogP contribution < -0.4 is 11.1 Å². The molecule has 0 aliphatic carbocycles. The largest absolute Gasteiger partial charge is 0.389 e. The van der Waals surface area contributed by atoms with Crippen molar-refractivity contribution in [3.63, 3.8) is 0 Å². The number of thiocarbonyl (C=S) groups is 1. The van der Waals surface area contributed by atoms with E-state index in [1.807, 2.05) is 19.1 Å². The highest BCUT2D eigenvalue weighted by Crippen LogP contribution is 2.19. The highest BCUT2D eigenvalue weighted by atomic mass is 32.1. The summed E-state index contributed by atoms with van der Waals surface area (Å²) in [5, 5.41) is 3.36. The molecule has 1 aromatic heterocycles. The Kier molecular flexibility index (Phi) is 4.69. The molecule has 3 nitrogen and oxygen atoms in total. The van der Waals surface area contributed by atoms with Crippen LogP contribution in [0.5, 0.6) is 0 Å². The zero-order valence-electron chi connectivity index (χ0n) is 11.8. The van der Waals surface area contributed by atoms with Gasteiger partial charge in [-0.2, -0.15) is 0 Å². The number of nitrogens with zero attached hydrogens (tertiary/aromatic N) is 1. The second-order valence-electron chi connectivity index (χ2n) is 4.91. The van der Waals surface area contributed by atoms with E-state index in [0.717, 1.165) is 23.5 Å². The smallest absolute Gasteiger partial charge is 0.136 e. The van der Waals surface area contributed by atoms with Crippen molar-refractivity contribution in [3.05, 3.63) is 59.3 Å². The van der Waals surface area contributed by atoms with Crippen LogP contribution in [0.2, 0.25) is 0 Å². The summed E-state index contributed by atoms with van der Waals surface area (Å²) in [7, 11) is 0. The summed E-state index contributed by atoms with van der Waals surface area (Å²) in [5.74, 6) is 1.15. The Labute approximate surface area is 125 Å². The average molecular weight is 285 g/mol. The van der Waals surface area contributed by atoms with Crippen molar-refractivity contribution in [3.8, 4) is 0 Å². The van der Waals surface area contributed by atoms with Crippen molar-refractivity contribution in [2.75, 3.05) is 11.9 Å². The van der Waals surface area contributed by atoms with E-state index in [9.17, 15) is 0 Å². The fourth-order valence-corrected chi connectivity index (χ4v) is 2.41. The van der Waals surface area contributed by atoms with E-state index in [0.29, 0.717) is 10.9 Å². The van der Waals surface area contributed by atoms with Crippen LogP contribution in [0.4, 0.5) is 5.82 Å². The van der Waals surface area contributed by atoms with Gasteiger partial charge in [-0.25, -0.2) is 4.98 Å². The van der Waals surface area contributed by atoms with E-state index in [1.54, 1.807) is 6.20 Å². The predicted molar refractivity (Wildman–Crippen MR) is 88.2 cm³/mol. The Hall–Kier alpha value is -1.94. The highest BCUT2D eigenvalue weighted by Gasteiger charge is 2.11. The number of nitrogens with one attached hydrogen (secondary N) is 1. The second-order valence-corrected chi connectivity index (χ2v) is 5.35. The van der Waals surface area contributed by atoms with Crippen molar-refractivity contribution in [2.24, 2.45) is 5.73 Å². The number of anilines is 1. The van der Waals surface area contributed by atoms with Crippen molar-refractivity contribution < 1.29 is 0 Å². The summed E-state index contributed by atoms with van der Waals surface area (Å²) in [6.45, 7) is 4.95. The molecule has 2 rings (SSSR count). The maximum atomic E-state index is 5.78. The Morgan fingerprint density at radius 3 is 2.65 bits per heavy atom. The summed E-state index contributed by atoms with van der Waals surface area (Å²) in [6, 6.07) is 12.3. The normalized spacial score (nSPS) is 11.9. The third-order valence-electron chi connectivity index (χ3n) is 3.35. The molecule has 1 unspecified atom stereocenters. The van der Waals surface area contributed by atoms with E-state index in [4.69, 9.17) is 18.0 Å². The van der Waals surface area contributed by atoms with Crippen molar-refractivity contribution >= 4 is 23.0 Å². The molecule has 1 aromatic carbocycles. The maximum absolute atomic E-state index is 5.78. The van der Waals surface area contributed by atoms with Gasteiger partial charge in [0.25, 0.3) is 0 Å². The first kappa shape index (κ1) is 14.5. The molecule has 0 spiro atoms. The third-order valence-corrected chi connectivity index (χ3v) is 3.55. The fourth-order valence-electron chi connectivity index (χ4n) is 2.15. The maximum Gasteiger partial charge on any atom is 0.136 e. The quantitative estimate of drug-likeness (QED) is 0.828. The van der Waals surface area contributed by atoms with Gasteiger partial charge in [-0.15, -0.1) is 0 Å². The van der Waals surface area contributed by atoms with E-state index in [1.165, 1.54) is 5.56 Å². The molecule has 0 aliphatic heterocycles. The second kappa shape index (κ2) is 6.48. The minimum Gasteiger partial charge on any atom is -0.389 e. The van der Waals surface area contributed by atoms with Gasteiger partial charge in [-0.1, -0.05) is 49.5 Å². The SMILES string of the molecule is Cc1ccnc(NCC(C)c2ccccc2)c1C(N)=S. The standard InChI is InChI=1S/C16H19N3S/c1-11-8-9-18-16(14(11)15(17)20)19-10-12(2)13-6-4-3-5-7-13/h3-9,12H,10H2,1-2H3,(H2,17,20)(H,18,19). The van der Waals surface area contributed by atoms with Crippen molar-refractivity contribution in [1.82, 2.24) is 4.98 Å². The molecule has 1 atom stereocenters. The van der Waals surface area contributed by atoms with Gasteiger partial charge in [0.2, 0.25) is 0 Å². The molecule has 1 heterocycles. The van der Waals surface area contributed by atoms with Crippen molar-refractivity contribution in [2.45, 2.75) is 19.8 Å². The highest BCUT2D eigenvalue weighted by molar-refractivity contribution is 7.80. The molecule has 4 heteroatoms. The van der Waals surface area contributed by atoms with Gasteiger partial charge in [0, 0.05) is 12.7 Å². The number of aromatic nitrogens is 1. The first-order valence-corrected chi connectivity index (χ1v) is 7.04. The first-order valence-electron chi connectivity index (χ1n) is 6.64. The van der Waals surface area contributed by atoms with Crippen LogP contribution in [0.15, 0.2) is 42.6 Å². The topological polar surface area (TPSA) is 50.9 Å². The van der Waals surface area contributed by atoms with E-state index in [2.05, 4.69) is 41.5 Å². The Balaban J connectivity index is 2.12. The molecule has 2 aromatic rings. The summed E-state index contributed by atoms with van der Waals surface area (Å²) >= 11 is 5.11. The average Bonchev–Trinajstić information content (AvgIpc) is 2.45. The molecule has 104 valence electrons. The summed E-state index contributed by atoms with van der Waals surface area (Å²) in [5.41, 5.74) is 8.96. The molecule has 0 fully saturated rings. The molecule has 20 heavy (non-hydrogen) atoms. The minimum absolute atomic E-state index is 0.380. The van der Waals surface area contributed by atoms with Crippen LogP contribution >= 0.6 is 12.2 Å². The Bertz CT molecular complexity index is 596. The zero-order chi connectivity index (χ0) is 14.5. The first-order chi connectivity index (χ1) is 9.59. The van der Waals surface area contributed by atoms with Crippen LogP contribution in [0.25, 0.3) is 0 Å². The van der Waals surface area contributed by atoms with E-state index in [-0.39, 0.29) is 0 Å². The lowest BCUT2D eigenvalue weighted by Crippen LogP contribution is -2.18. The lowest BCUT2D eigenvalue weighted by atomic mass is 10.0. The van der Waals surface area contributed by atoms with Gasteiger partial charge in [0.15, 0.2) is 0 Å². The van der Waals surface area contributed by atoms with Crippen LogP contribution in [0.1, 0.15) is 29.5 Å². The summed E-state index contributed by atoms with van der Waals surface area (Å²) in [4.78, 5) is 4.73. The lowest BCUT2D eigenvalue weighted by molar-refractivity contribution is 0.801. The fraction of sp³-hybridized carbons (Fsp3) is 0.250. The van der Waals surface area contributed by atoms with Crippen molar-refractivity contribution in [1.29, 1.82) is 0 Å². The monoisotopic (exact) mass is 285 g/mol. The van der Waals surface area contributed by atoms with E-state index < -0.39 is 0 Å². The molecular weight excluding hydrogens is 266 g/mol. The number of hydrogen-bond donors (Lipinski definition) is 2. The predicted octanol–water partition coefficient (Wildman–Crippen LogP) is 3.24. The van der Waals surface area contributed by atoms with Gasteiger partial charge in [0.1, 0.15) is 10.8 Å². The van der Waals surface area contributed by atoms with Gasteiger partial charge in [0.05, 0.1) is 5.56 Å². The molecule has 0 saturated heterocycles. The Morgan fingerprint density at radius 2 is 2.00 bits per heavy atom. The summed E-state index contributed by atoms with van der Waals surface area (Å²) < 4.78 is 0. The van der Waals surface area contributed by atoms with Crippen LogP contribution in [0, 0.1) is 6.92 Å². The number of benzene rings is 1. The third kappa shape index (κ3) is 3.33. The molecule has 0 saturated carbocycles. The number of aryl methyl sites for hydroxylation is 1.